The molecule has 0 spiro atoms. The molecule has 0 fully saturated rings. The molecule has 4 nitrogen and oxygen atoms in total. The number of hydrogen-bond donors (Lipinski definition) is 0. The topological polar surface area (TPSA) is 34.0 Å². The molecule has 0 saturated carbocycles. The Morgan fingerprint density at radius 2 is 1.71 bits per heavy atom. The molecule has 0 amide bonds. The molecule has 122 valence electrons. The van der Waals surface area contributed by atoms with E-state index in [1.54, 1.807) is 0 Å². The Kier molecular flexibility index (Phi) is 3.60. The summed E-state index contributed by atoms with van der Waals surface area (Å²) < 4.78 is 2.05. The Balaban J connectivity index is 2.09. The number of aromatic nitrogens is 3. The van der Waals surface area contributed by atoms with Crippen LogP contribution in [0.5, 0.6) is 0 Å². The van der Waals surface area contributed by atoms with Crippen LogP contribution in [0.25, 0.3) is 22.5 Å². The zero-order chi connectivity index (χ0) is 16.7. The minimum absolute atomic E-state index is 0.260. The number of anilines is 1. The maximum Gasteiger partial charge on any atom is 0.121 e. The van der Waals surface area contributed by atoms with Crippen molar-refractivity contribution >= 4 is 5.69 Å². The van der Waals surface area contributed by atoms with E-state index in [4.69, 9.17) is 0 Å². The molecule has 0 saturated heterocycles. The first-order chi connectivity index (χ1) is 11.7. The molecule has 0 aliphatic carbocycles. The Morgan fingerprint density at radius 3 is 2.46 bits per heavy atom. The van der Waals surface area contributed by atoms with Crippen molar-refractivity contribution in [2.24, 2.45) is 0 Å². The summed E-state index contributed by atoms with van der Waals surface area (Å²) in [4.78, 5) is 2.43. The third-order valence-electron chi connectivity index (χ3n) is 4.70. The van der Waals surface area contributed by atoms with Crippen LogP contribution in [0.2, 0.25) is 0 Å². The van der Waals surface area contributed by atoms with Gasteiger partial charge in [0.15, 0.2) is 0 Å². The standard InChI is InChI=1S/C20H22N4/c1-4-23-13-15-9-5-6-10-16(15)19-20(24(14(2)3)22-21-19)17-11-7-8-12-18(17)23/h5-12,14H,4,13H2,1-3H3. The van der Waals surface area contributed by atoms with E-state index in [1.165, 1.54) is 22.4 Å². The van der Waals surface area contributed by atoms with E-state index in [0.29, 0.717) is 0 Å². The minimum Gasteiger partial charge on any atom is -0.367 e. The van der Waals surface area contributed by atoms with Crippen LogP contribution in [0.1, 0.15) is 32.4 Å². The fraction of sp³-hybridized carbons (Fsp3) is 0.300. The van der Waals surface area contributed by atoms with Gasteiger partial charge in [-0.2, -0.15) is 0 Å². The molecule has 0 unspecified atom stereocenters. The minimum atomic E-state index is 0.260. The van der Waals surface area contributed by atoms with Gasteiger partial charge in [0.1, 0.15) is 5.69 Å². The molecule has 0 bridgehead atoms. The number of para-hydroxylation sites is 1. The van der Waals surface area contributed by atoms with Gasteiger partial charge < -0.3 is 4.90 Å². The van der Waals surface area contributed by atoms with Crippen molar-refractivity contribution in [3.05, 3.63) is 54.1 Å². The van der Waals surface area contributed by atoms with Gasteiger partial charge in [-0.05, 0) is 32.4 Å². The first-order valence-corrected chi connectivity index (χ1v) is 8.58. The summed E-state index contributed by atoms with van der Waals surface area (Å²) in [5, 5.41) is 9.04. The van der Waals surface area contributed by atoms with Gasteiger partial charge in [0.05, 0.1) is 5.69 Å². The van der Waals surface area contributed by atoms with Crippen LogP contribution < -0.4 is 4.90 Å². The van der Waals surface area contributed by atoms with Crippen LogP contribution in [0, 0.1) is 0 Å². The van der Waals surface area contributed by atoms with E-state index < -0.39 is 0 Å². The van der Waals surface area contributed by atoms with E-state index in [-0.39, 0.29) is 6.04 Å². The van der Waals surface area contributed by atoms with Crippen molar-refractivity contribution in [1.29, 1.82) is 0 Å². The lowest BCUT2D eigenvalue weighted by molar-refractivity contribution is 0.519. The fourth-order valence-corrected chi connectivity index (χ4v) is 3.50. The molecule has 2 heterocycles. The van der Waals surface area contributed by atoms with E-state index >= 15 is 0 Å². The fourth-order valence-electron chi connectivity index (χ4n) is 3.50. The monoisotopic (exact) mass is 318 g/mol. The molecule has 2 aromatic carbocycles. The average Bonchev–Trinajstić information content (AvgIpc) is 3.03. The van der Waals surface area contributed by atoms with Crippen LogP contribution in [0.15, 0.2) is 48.5 Å². The summed E-state index contributed by atoms with van der Waals surface area (Å²) in [7, 11) is 0. The van der Waals surface area contributed by atoms with Crippen LogP contribution in [0.4, 0.5) is 5.69 Å². The molecule has 0 radical (unpaired) electrons. The lowest BCUT2D eigenvalue weighted by atomic mass is 9.95. The number of hydrogen-bond acceptors (Lipinski definition) is 3. The second-order valence-corrected chi connectivity index (χ2v) is 6.51. The average molecular weight is 318 g/mol. The molecule has 4 heteroatoms. The van der Waals surface area contributed by atoms with Gasteiger partial charge in [-0.25, -0.2) is 4.68 Å². The Labute approximate surface area is 142 Å². The van der Waals surface area contributed by atoms with Crippen molar-refractivity contribution in [3.8, 4) is 22.5 Å². The molecule has 0 N–H and O–H groups in total. The molecule has 1 aliphatic rings. The van der Waals surface area contributed by atoms with E-state index in [0.717, 1.165) is 24.5 Å². The summed E-state index contributed by atoms with van der Waals surface area (Å²) >= 11 is 0. The number of fused-ring (bicyclic) bond motifs is 5. The number of rotatable bonds is 2. The summed E-state index contributed by atoms with van der Waals surface area (Å²) in [6, 6.07) is 17.4. The number of benzene rings is 2. The SMILES string of the molecule is CCN1Cc2ccccc2-c2nnn(C(C)C)c2-c2ccccc21. The predicted octanol–water partition coefficient (Wildman–Crippen LogP) is 4.53. The van der Waals surface area contributed by atoms with Gasteiger partial charge in [0.2, 0.25) is 0 Å². The molecule has 1 aliphatic heterocycles. The van der Waals surface area contributed by atoms with Crippen LogP contribution >= 0.6 is 0 Å². The molecule has 3 aromatic rings. The van der Waals surface area contributed by atoms with Gasteiger partial charge in [-0.1, -0.05) is 47.7 Å². The molecule has 4 rings (SSSR count). The maximum atomic E-state index is 4.57. The third kappa shape index (κ3) is 2.21. The normalized spacial score (nSPS) is 13.1. The highest BCUT2D eigenvalue weighted by atomic mass is 15.4. The van der Waals surface area contributed by atoms with E-state index in [2.05, 4.69) is 84.5 Å². The largest absolute Gasteiger partial charge is 0.367 e. The second kappa shape index (κ2) is 5.78. The summed E-state index contributed by atoms with van der Waals surface area (Å²) in [5.41, 5.74) is 7.05. The van der Waals surface area contributed by atoms with Crippen LogP contribution in [-0.4, -0.2) is 21.5 Å². The quantitative estimate of drug-likeness (QED) is 0.696. The van der Waals surface area contributed by atoms with Crippen LogP contribution in [-0.2, 0) is 6.54 Å². The summed E-state index contributed by atoms with van der Waals surface area (Å²) in [5.74, 6) is 0. The highest BCUT2D eigenvalue weighted by Gasteiger charge is 2.26. The highest BCUT2D eigenvalue weighted by Crippen LogP contribution is 2.41. The van der Waals surface area contributed by atoms with Crippen LogP contribution in [0.3, 0.4) is 0 Å². The molecular formula is C20H22N4. The summed E-state index contributed by atoms with van der Waals surface area (Å²) in [6.45, 7) is 8.36. The molecular weight excluding hydrogens is 296 g/mol. The maximum absolute atomic E-state index is 4.57. The first-order valence-electron chi connectivity index (χ1n) is 8.58. The second-order valence-electron chi connectivity index (χ2n) is 6.51. The summed E-state index contributed by atoms with van der Waals surface area (Å²) in [6.07, 6.45) is 0. The van der Waals surface area contributed by atoms with Crippen molar-refractivity contribution < 1.29 is 0 Å². The van der Waals surface area contributed by atoms with Gasteiger partial charge in [0.25, 0.3) is 0 Å². The van der Waals surface area contributed by atoms with Crippen molar-refractivity contribution in [1.82, 2.24) is 15.0 Å². The lowest BCUT2D eigenvalue weighted by Gasteiger charge is -2.29. The smallest absolute Gasteiger partial charge is 0.121 e. The Morgan fingerprint density at radius 1 is 1.00 bits per heavy atom. The van der Waals surface area contributed by atoms with Gasteiger partial charge in [-0.15, -0.1) is 5.10 Å². The molecule has 1 aromatic heterocycles. The van der Waals surface area contributed by atoms with E-state index in [9.17, 15) is 0 Å². The molecule has 0 atom stereocenters. The Bertz CT molecular complexity index is 879. The van der Waals surface area contributed by atoms with Gasteiger partial charge >= 0.3 is 0 Å². The zero-order valence-electron chi connectivity index (χ0n) is 14.4. The van der Waals surface area contributed by atoms with E-state index in [1.807, 2.05) is 4.68 Å². The lowest BCUT2D eigenvalue weighted by Crippen LogP contribution is -2.24. The van der Waals surface area contributed by atoms with Gasteiger partial charge in [-0.3, -0.25) is 0 Å². The Hall–Kier alpha value is -2.62. The van der Waals surface area contributed by atoms with Crippen molar-refractivity contribution in [2.45, 2.75) is 33.4 Å². The van der Waals surface area contributed by atoms with Gasteiger partial charge in [0, 0.05) is 35.9 Å². The number of nitrogens with zero attached hydrogens (tertiary/aromatic N) is 4. The third-order valence-corrected chi connectivity index (χ3v) is 4.70. The van der Waals surface area contributed by atoms with Crippen molar-refractivity contribution in [3.63, 3.8) is 0 Å². The zero-order valence-corrected chi connectivity index (χ0v) is 14.4. The first kappa shape index (κ1) is 14.9. The predicted molar refractivity (Wildman–Crippen MR) is 98.0 cm³/mol. The molecule has 24 heavy (non-hydrogen) atoms. The van der Waals surface area contributed by atoms with Crippen molar-refractivity contribution in [2.75, 3.05) is 11.4 Å². The highest BCUT2D eigenvalue weighted by molar-refractivity contribution is 5.88.